The molecule has 1 saturated heterocycles. The van der Waals surface area contributed by atoms with Gasteiger partial charge >= 0.3 is 6.03 Å². The molecule has 6 nitrogen and oxygen atoms in total. The molecule has 0 saturated carbocycles. The van der Waals surface area contributed by atoms with E-state index in [1.54, 1.807) is 36.4 Å². The standard InChI is InChI=1S/C26H24ClN3O3/c1-17-3-7-19(8-4-17)16-29-23(15-24(31)28-21-11-9-20(27)10-12-21)25(32)30(26(29)33)22-13-5-18(2)6-14-22/h3-14,23H,15-16H2,1-2H3,(H,28,31)/t23-/m0/s1. The molecule has 7 heteroatoms. The van der Waals surface area contributed by atoms with Crippen LogP contribution in [-0.4, -0.2) is 28.8 Å². The molecule has 4 amide bonds. The molecule has 1 N–H and O–H groups in total. The van der Waals surface area contributed by atoms with Gasteiger partial charge in [-0.1, -0.05) is 59.1 Å². The Morgan fingerprint density at radius 2 is 1.45 bits per heavy atom. The van der Waals surface area contributed by atoms with Crippen LogP contribution in [-0.2, 0) is 16.1 Å². The highest BCUT2D eigenvalue weighted by molar-refractivity contribution is 6.30. The van der Waals surface area contributed by atoms with Crippen molar-refractivity contribution in [2.24, 2.45) is 0 Å². The molecule has 4 rings (SSSR count). The zero-order chi connectivity index (χ0) is 23.5. The number of hydrogen-bond donors (Lipinski definition) is 1. The molecule has 0 aromatic heterocycles. The largest absolute Gasteiger partial charge is 0.332 e. The van der Waals surface area contributed by atoms with E-state index in [9.17, 15) is 14.4 Å². The van der Waals surface area contributed by atoms with E-state index in [1.807, 2.05) is 50.2 Å². The van der Waals surface area contributed by atoms with Crippen LogP contribution < -0.4 is 10.2 Å². The van der Waals surface area contributed by atoms with Gasteiger partial charge in [-0.3, -0.25) is 9.59 Å². The van der Waals surface area contributed by atoms with Crippen molar-refractivity contribution in [3.63, 3.8) is 0 Å². The second-order valence-corrected chi connectivity index (χ2v) is 8.62. The second-order valence-electron chi connectivity index (χ2n) is 8.18. The average molecular weight is 462 g/mol. The Morgan fingerprint density at radius 3 is 2.06 bits per heavy atom. The third-order valence-corrected chi connectivity index (χ3v) is 5.84. The SMILES string of the molecule is Cc1ccc(CN2C(=O)N(c3ccc(C)cc3)C(=O)[C@@H]2CC(=O)Nc2ccc(Cl)cc2)cc1. The quantitative estimate of drug-likeness (QED) is 0.505. The predicted octanol–water partition coefficient (Wildman–Crippen LogP) is 5.32. The van der Waals surface area contributed by atoms with E-state index in [1.165, 1.54) is 4.90 Å². The van der Waals surface area contributed by atoms with Gasteiger partial charge in [-0.15, -0.1) is 0 Å². The first-order valence-electron chi connectivity index (χ1n) is 10.6. The molecule has 1 aliphatic rings. The first-order chi connectivity index (χ1) is 15.8. The molecule has 0 unspecified atom stereocenters. The number of aryl methyl sites for hydroxylation is 2. The monoisotopic (exact) mass is 461 g/mol. The van der Waals surface area contributed by atoms with Gasteiger partial charge in [0.2, 0.25) is 5.91 Å². The fourth-order valence-corrected chi connectivity index (χ4v) is 3.88. The Labute approximate surface area is 197 Å². The van der Waals surface area contributed by atoms with E-state index in [0.29, 0.717) is 16.4 Å². The normalized spacial score (nSPS) is 15.8. The molecule has 3 aromatic carbocycles. The van der Waals surface area contributed by atoms with Gasteiger partial charge < -0.3 is 10.2 Å². The summed E-state index contributed by atoms with van der Waals surface area (Å²) >= 11 is 5.90. The van der Waals surface area contributed by atoms with E-state index in [0.717, 1.165) is 21.6 Å². The molecule has 3 aromatic rings. The van der Waals surface area contributed by atoms with Crippen molar-refractivity contribution in [2.75, 3.05) is 10.2 Å². The number of benzene rings is 3. The summed E-state index contributed by atoms with van der Waals surface area (Å²) in [5, 5.41) is 3.34. The molecule has 0 spiro atoms. The molecule has 0 bridgehead atoms. The fourth-order valence-electron chi connectivity index (χ4n) is 3.76. The zero-order valence-electron chi connectivity index (χ0n) is 18.4. The number of halogens is 1. The van der Waals surface area contributed by atoms with E-state index >= 15 is 0 Å². The summed E-state index contributed by atoms with van der Waals surface area (Å²) in [6, 6.07) is 20.3. The smallest absolute Gasteiger partial charge is 0.326 e. The van der Waals surface area contributed by atoms with E-state index in [4.69, 9.17) is 11.6 Å². The molecule has 33 heavy (non-hydrogen) atoms. The molecule has 1 atom stereocenters. The van der Waals surface area contributed by atoms with Gasteiger partial charge in [0, 0.05) is 17.3 Å². The lowest BCUT2D eigenvalue weighted by molar-refractivity contribution is -0.124. The summed E-state index contributed by atoms with van der Waals surface area (Å²) in [6.07, 6.45) is -0.151. The topological polar surface area (TPSA) is 69.7 Å². The number of carbonyl (C=O) groups is 3. The van der Waals surface area contributed by atoms with Crippen molar-refractivity contribution >= 4 is 40.8 Å². The van der Waals surface area contributed by atoms with Gasteiger partial charge in [0.1, 0.15) is 6.04 Å². The number of carbonyl (C=O) groups excluding carboxylic acids is 3. The lowest BCUT2D eigenvalue weighted by Crippen LogP contribution is -2.37. The molecule has 0 radical (unpaired) electrons. The van der Waals surface area contributed by atoms with Crippen molar-refractivity contribution < 1.29 is 14.4 Å². The Morgan fingerprint density at radius 1 is 0.879 bits per heavy atom. The number of amides is 4. The Balaban J connectivity index is 1.59. The molecular weight excluding hydrogens is 438 g/mol. The van der Waals surface area contributed by atoms with Crippen LogP contribution in [0.3, 0.4) is 0 Å². The van der Waals surface area contributed by atoms with Crippen LogP contribution in [0.1, 0.15) is 23.1 Å². The Bertz CT molecular complexity index is 1170. The van der Waals surface area contributed by atoms with Gasteiger partial charge in [-0.2, -0.15) is 0 Å². The van der Waals surface area contributed by atoms with Gasteiger partial charge in [-0.05, 0) is 55.8 Å². The van der Waals surface area contributed by atoms with Crippen molar-refractivity contribution in [3.8, 4) is 0 Å². The van der Waals surface area contributed by atoms with Crippen molar-refractivity contribution in [1.29, 1.82) is 0 Å². The van der Waals surface area contributed by atoms with Crippen LogP contribution in [0.15, 0.2) is 72.8 Å². The molecular formula is C26H24ClN3O3. The summed E-state index contributed by atoms with van der Waals surface area (Å²) in [4.78, 5) is 42.1. The second kappa shape index (κ2) is 9.46. The van der Waals surface area contributed by atoms with Gasteiger partial charge in [0.25, 0.3) is 5.91 Å². The average Bonchev–Trinajstić information content (AvgIpc) is 3.01. The highest BCUT2D eigenvalue weighted by Crippen LogP contribution is 2.29. The van der Waals surface area contributed by atoms with Gasteiger partial charge in [-0.25, -0.2) is 9.69 Å². The third kappa shape index (κ3) is 5.07. The highest BCUT2D eigenvalue weighted by Gasteiger charge is 2.46. The number of nitrogens with zero attached hydrogens (tertiary/aromatic N) is 2. The zero-order valence-corrected chi connectivity index (χ0v) is 19.2. The Hall–Kier alpha value is -3.64. The minimum atomic E-state index is -0.910. The maximum atomic E-state index is 13.4. The van der Waals surface area contributed by atoms with Crippen LogP contribution in [0.25, 0.3) is 0 Å². The summed E-state index contributed by atoms with van der Waals surface area (Å²) in [5.74, 6) is -0.773. The van der Waals surface area contributed by atoms with Crippen LogP contribution in [0.4, 0.5) is 16.2 Å². The first kappa shape index (κ1) is 22.6. The molecule has 0 aliphatic carbocycles. The number of nitrogens with one attached hydrogen (secondary N) is 1. The maximum Gasteiger partial charge on any atom is 0.332 e. The number of imide groups is 1. The van der Waals surface area contributed by atoms with Gasteiger partial charge in [0.15, 0.2) is 0 Å². The lowest BCUT2D eigenvalue weighted by atomic mass is 10.1. The van der Waals surface area contributed by atoms with Crippen LogP contribution in [0.2, 0.25) is 5.02 Å². The molecule has 1 heterocycles. The fraction of sp³-hybridized carbons (Fsp3) is 0.192. The van der Waals surface area contributed by atoms with Crippen LogP contribution in [0.5, 0.6) is 0 Å². The Kier molecular flexibility index (Phi) is 6.47. The highest BCUT2D eigenvalue weighted by atomic mass is 35.5. The summed E-state index contributed by atoms with van der Waals surface area (Å²) in [7, 11) is 0. The van der Waals surface area contributed by atoms with E-state index < -0.39 is 18.0 Å². The number of anilines is 2. The van der Waals surface area contributed by atoms with E-state index in [-0.39, 0.29) is 18.9 Å². The van der Waals surface area contributed by atoms with Crippen LogP contribution >= 0.6 is 11.6 Å². The van der Waals surface area contributed by atoms with Crippen LogP contribution in [0, 0.1) is 13.8 Å². The predicted molar refractivity (Wildman–Crippen MR) is 129 cm³/mol. The number of hydrogen-bond acceptors (Lipinski definition) is 3. The molecule has 168 valence electrons. The number of urea groups is 1. The van der Waals surface area contributed by atoms with Crippen molar-refractivity contribution in [1.82, 2.24) is 4.90 Å². The minimum Gasteiger partial charge on any atom is -0.326 e. The summed E-state index contributed by atoms with van der Waals surface area (Å²) < 4.78 is 0. The molecule has 1 aliphatic heterocycles. The summed E-state index contributed by atoms with van der Waals surface area (Å²) in [6.45, 7) is 4.15. The van der Waals surface area contributed by atoms with Crippen molar-refractivity contribution in [3.05, 3.63) is 94.5 Å². The minimum absolute atomic E-state index is 0.151. The van der Waals surface area contributed by atoms with Gasteiger partial charge in [0.05, 0.1) is 12.1 Å². The molecule has 1 fully saturated rings. The maximum absolute atomic E-state index is 13.4. The number of rotatable bonds is 6. The summed E-state index contributed by atoms with van der Waals surface area (Å²) in [5.41, 5.74) is 4.07. The van der Waals surface area contributed by atoms with E-state index in [2.05, 4.69) is 5.32 Å². The third-order valence-electron chi connectivity index (χ3n) is 5.59. The lowest BCUT2D eigenvalue weighted by Gasteiger charge is -2.22. The van der Waals surface area contributed by atoms with Crippen molar-refractivity contribution in [2.45, 2.75) is 32.9 Å². The first-order valence-corrected chi connectivity index (χ1v) is 11.0.